The van der Waals surface area contributed by atoms with Gasteiger partial charge in [-0.3, -0.25) is 5.10 Å². The number of carbonyl (C=O) groups excluding carboxylic acids is 1. The third kappa shape index (κ3) is 4.79. The van der Waals surface area contributed by atoms with Crippen molar-refractivity contribution in [3.05, 3.63) is 17.5 Å². The quantitative estimate of drug-likeness (QED) is 0.617. The van der Waals surface area contributed by atoms with E-state index in [9.17, 15) is 10.1 Å². The molecular weight excluding hydrogens is 274 g/mol. The Balaban J connectivity index is 2.74. The minimum atomic E-state index is -1.22. The summed E-state index contributed by atoms with van der Waals surface area (Å²) in [5, 5.41) is 15.7. The Morgan fingerprint density at radius 3 is 2.80 bits per heavy atom. The van der Waals surface area contributed by atoms with Crippen molar-refractivity contribution >= 4 is 14.0 Å². The zero-order chi connectivity index (χ0) is 15.2. The molecule has 0 radical (unpaired) electrons. The predicted molar refractivity (Wildman–Crippen MR) is 77.0 cm³/mol. The maximum Gasteiger partial charge on any atom is 0.341 e. The van der Waals surface area contributed by atoms with Crippen molar-refractivity contribution < 1.29 is 14.3 Å². The first kappa shape index (κ1) is 16.4. The van der Waals surface area contributed by atoms with Crippen LogP contribution in [-0.2, 0) is 9.47 Å². The monoisotopic (exact) mass is 295 g/mol. The third-order valence-corrected chi connectivity index (χ3v) is 4.38. The minimum absolute atomic E-state index is 0.256. The summed E-state index contributed by atoms with van der Waals surface area (Å²) in [6, 6.07) is 2.99. The summed E-state index contributed by atoms with van der Waals surface area (Å²) >= 11 is 0. The van der Waals surface area contributed by atoms with E-state index in [0.717, 1.165) is 6.04 Å². The fourth-order valence-electron chi connectivity index (χ4n) is 1.54. The molecule has 1 aromatic heterocycles. The SMILES string of the molecule is CCOC(=O)c1cn[nH]c1C(C#N)OCC[Si](C)(C)C. The molecule has 0 aliphatic heterocycles. The van der Waals surface area contributed by atoms with Crippen LogP contribution in [0.15, 0.2) is 6.20 Å². The lowest BCUT2D eigenvalue weighted by Gasteiger charge is -2.17. The number of rotatable bonds is 7. The van der Waals surface area contributed by atoms with Gasteiger partial charge in [-0.1, -0.05) is 19.6 Å². The Bertz CT molecular complexity index is 488. The summed E-state index contributed by atoms with van der Waals surface area (Å²) in [5.74, 6) is -0.495. The number of hydrogen-bond acceptors (Lipinski definition) is 5. The lowest BCUT2D eigenvalue weighted by Crippen LogP contribution is -2.22. The number of nitrogens with zero attached hydrogens (tertiary/aromatic N) is 2. The Hall–Kier alpha value is -1.65. The number of H-pyrrole nitrogens is 1. The summed E-state index contributed by atoms with van der Waals surface area (Å²) in [4.78, 5) is 11.7. The van der Waals surface area contributed by atoms with Crippen molar-refractivity contribution in [2.45, 2.75) is 38.7 Å². The van der Waals surface area contributed by atoms with Crippen LogP contribution in [0.1, 0.15) is 29.1 Å². The van der Waals surface area contributed by atoms with Crippen LogP contribution in [0.25, 0.3) is 0 Å². The number of carbonyl (C=O) groups is 1. The normalized spacial score (nSPS) is 12.8. The Morgan fingerprint density at radius 2 is 2.25 bits per heavy atom. The van der Waals surface area contributed by atoms with E-state index in [1.54, 1.807) is 6.92 Å². The highest BCUT2D eigenvalue weighted by atomic mass is 28.3. The molecule has 1 aromatic rings. The fraction of sp³-hybridized carbons (Fsp3) is 0.615. The molecule has 110 valence electrons. The Labute approximate surface area is 120 Å². The summed E-state index contributed by atoms with van der Waals surface area (Å²) < 4.78 is 10.5. The van der Waals surface area contributed by atoms with Gasteiger partial charge in [0.2, 0.25) is 0 Å². The number of nitriles is 1. The van der Waals surface area contributed by atoms with E-state index >= 15 is 0 Å². The number of hydrogen-bond donors (Lipinski definition) is 1. The van der Waals surface area contributed by atoms with Gasteiger partial charge in [0.1, 0.15) is 11.6 Å². The van der Waals surface area contributed by atoms with Crippen molar-refractivity contribution in [3.8, 4) is 6.07 Å². The molecule has 0 spiro atoms. The molecule has 0 saturated carbocycles. The average Bonchev–Trinajstić information content (AvgIpc) is 2.82. The van der Waals surface area contributed by atoms with E-state index in [4.69, 9.17) is 9.47 Å². The largest absolute Gasteiger partial charge is 0.462 e. The van der Waals surface area contributed by atoms with Gasteiger partial charge >= 0.3 is 5.97 Å². The van der Waals surface area contributed by atoms with Gasteiger partial charge in [-0.2, -0.15) is 10.4 Å². The fourth-order valence-corrected chi connectivity index (χ4v) is 2.27. The van der Waals surface area contributed by atoms with Crippen molar-refractivity contribution in [2.75, 3.05) is 13.2 Å². The maximum atomic E-state index is 11.7. The van der Waals surface area contributed by atoms with E-state index in [0.29, 0.717) is 12.3 Å². The highest BCUT2D eigenvalue weighted by Gasteiger charge is 2.23. The van der Waals surface area contributed by atoms with Gasteiger partial charge in [-0.15, -0.1) is 0 Å². The Morgan fingerprint density at radius 1 is 1.55 bits per heavy atom. The number of aromatic amines is 1. The second-order valence-corrected chi connectivity index (χ2v) is 11.2. The molecule has 0 fully saturated rings. The van der Waals surface area contributed by atoms with Crippen LogP contribution in [0.2, 0.25) is 25.7 Å². The molecule has 7 heteroatoms. The van der Waals surface area contributed by atoms with Crippen molar-refractivity contribution in [3.63, 3.8) is 0 Å². The molecule has 1 heterocycles. The number of aromatic nitrogens is 2. The predicted octanol–water partition coefficient (Wildman–Crippen LogP) is 2.51. The van der Waals surface area contributed by atoms with E-state index in [2.05, 4.69) is 29.8 Å². The van der Waals surface area contributed by atoms with Crippen LogP contribution in [0.4, 0.5) is 0 Å². The highest BCUT2D eigenvalue weighted by Crippen LogP contribution is 2.20. The smallest absolute Gasteiger partial charge is 0.341 e. The van der Waals surface area contributed by atoms with Crippen LogP contribution in [0.5, 0.6) is 0 Å². The van der Waals surface area contributed by atoms with E-state index in [-0.39, 0.29) is 12.2 Å². The lowest BCUT2D eigenvalue weighted by atomic mass is 10.2. The number of esters is 1. The molecule has 0 aromatic carbocycles. The third-order valence-electron chi connectivity index (χ3n) is 2.68. The highest BCUT2D eigenvalue weighted by molar-refractivity contribution is 6.76. The minimum Gasteiger partial charge on any atom is -0.462 e. The van der Waals surface area contributed by atoms with Crippen molar-refractivity contribution in [1.29, 1.82) is 5.26 Å². The van der Waals surface area contributed by atoms with Gasteiger partial charge in [-0.05, 0) is 13.0 Å². The Kier molecular flexibility index (Phi) is 5.92. The molecule has 0 amide bonds. The van der Waals surface area contributed by atoms with Crippen molar-refractivity contribution in [2.24, 2.45) is 0 Å². The van der Waals surface area contributed by atoms with Gasteiger partial charge < -0.3 is 9.47 Å². The zero-order valence-electron chi connectivity index (χ0n) is 12.4. The summed E-state index contributed by atoms with van der Waals surface area (Å²) in [6.07, 6.45) is 0.535. The first-order chi connectivity index (χ1) is 9.39. The second-order valence-electron chi connectivity index (χ2n) is 5.61. The molecule has 0 saturated heterocycles. The number of nitrogens with one attached hydrogen (secondary N) is 1. The van der Waals surface area contributed by atoms with Crippen LogP contribution in [0, 0.1) is 11.3 Å². The van der Waals surface area contributed by atoms with E-state index in [1.165, 1.54) is 6.20 Å². The van der Waals surface area contributed by atoms with E-state index in [1.807, 2.05) is 6.07 Å². The molecule has 0 bridgehead atoms. The first-order valence-corrected chi connectivity index (χ1v) is 10.3. The topological polar surface area (TPSA) is 88.0 Å². The summed E-state index contributed by atoms with van der Waals surface area (Å²) in [5.41, 5.74) is 0.618. The summed E-state index contributed by atoms with van der Waals surface area (Å²) in [7, 11) is -1.22. The first-order valence-electron chi connectivity index (χ1n) is 6.60. The van der Waals surface area contributed by atoms with Crippen LogP contribution >= 0.6 is 0 Å². The molecule has 1 rings (SSSR count). The maximum absolute atomic E-state index is 11.7. The van der Waals surface area contributed by atoms with Crippen LogP contribution in [0.3, 0.4) is 0 Å². The lowest BCUT2D eigenvalue weighted by molar-refractivity contribution is 0.0513. The van der Waals surface area contributed by atoms with Gasteiger partial charge in [-0.25, -0.2) is 4.79 Å². The molecule has 1 unspecified atom stereocenters. The molecule has 0 aliphatic carbocycles. The molecule has 20 heavy (non-hydrogen) atoms. The molecule has 6 nitrogen and oxygen atoms in total. The van der Waals surface area contributed by atoms with Crippen LogP contribution in [-0.4, -0.2) is 37.5 Å². The average molecular weight is 295 g/mol. The van der Waals surface area contributed by atoms with Gasteiger partial charge in [0.05, 0.1) is 18.5 Å². The van der Waals surface area contributed by atoms with Gasteiger partial charge in [0, 0.05) is 14.7 Å². The number of ether oxygens (including phenoxy) is 2. The zero-order valence-corrected chi connectivity index (χ0v) is 13.4. The molecular formula is C13H21N3O3Si. The van der Waals surface area contributed by atoms with Gasteiger partial charge in [0.15, 0.2) is 6.10 Å². The summed E-state index contributed by atoms with van der Waals surface area (Å²) in [6.45, 7) is 9.20. The van der Waals surface area contributed by atoms with Gasteiger partial charge in [0.25, 0.3) is 0 Å². The van der Waals surface area contributed by atoms with Crippen molar-refractivity contribution in [1.82, 2.24) is 10.2 Å². The standard InChI is InChI=1S/C13H21N3O3Si/c1-5-18-13(17)10-9-15-16-12(10)11(8-14)19-6-7-20(2,3)4/h9,11H,5-7H2,1-4H3,(H,15,16). The molecule has 1 N–H and O–H groups in total. The van der Waals surface area contributed by atoms with E-state index < -0.39 is 20.1 Å². The molecule has 1 atom stereocenters. The molecule has 0 aliphatic rings. The second kappa shape index (κ2) is 7.22. The van der Waals surface area contributed by atoms with Crippen LogP contribution < -0.4 is 0 Å².